The molecule has 0 N–H and O–H groups in total. The highest BCUT2D eigenvalue weighted by molar-refractivity contribution is 6.27. The Bertz CT molecular complexity index is 3430. The van der Waals surface area contributed by atoms with Crippen LogP contribution in [-0.2, 0) is 0 Å². The van der Waals surface area contributed by atoms with E-state index in [9.17, 15) is 10.5 Å². The fourth-order valence-corrected chi connectivity index (χ4v) is 9.15. The number of furan rings is 2. The third kappa shape index (κ3) is 6.56. The number of nitriles is 2. The summed E-state index contributed by atoms with van der Waals surface area (Å²) in [5.74, 6) is 0.852. The van der Waals surface area contributed by atoms with E-state index in [2.05, 4.69) is 159 Å². The van der Waals surface area contributed by atoms with Gasteiger partial charge in [0.2, 0.25) is 0 Å². The van der Waals surface area contributed by atoms with E-state index in [4.69, 9.17) is 8.83 Å². The summed E-state index contributed by atoms with van der Waals surface area (Å²) in [6.07, 6.45) is 0. The minimum absolute atomic E-state index is 0.426. The van der Waals surface area contributed by atoms with Gasteiger partial charge in [0.15, 0.2) is 0 Å². The Balaban J connectivity index is 1.02. The van der Waals surface area contributed by atoms with Crippen LogP contribution >= 0.6 is 0 Å². The summed E-state index contributed by atoms with van der Waals surface area (Å²) in [4.78, 5) is 4.47. The molecule has 0 radical (unpaired) electrons. The fourth-order valence-electron chi connectivity index (χ4n) is 9.15. The molecule has 0 unspecified atom stereocenters. The van der Waals surface area contributed by atoms with E-state index in [1.54, 1.807) is 0 Å². The van der Waals surface area contributed by atoms with Gasteiger partial charge >= 0.3 is 0 Å². The van der Waals surface area contributed by atoms with Gasteiger partial charge in [0.05, 0.1) is 23.3 Å². The van der Waals surface area contributed by atoms with E-state index < -0.39 is 0 Å². The maximum Gasteiger partial charge on any atom is 0.136 e. The van der Waals surface area contributed by atoms with Gasteiger partial charge in [-0.3, -0.25) is 0 Å². The van der Waals surface area contributed by atoms with Gasteiger partial charge in [-0.1, -0.05) is 64.1 Å². The van der Waals surface area contributed by atoms with E-state index in [1.807, 2.05) is 60.7 Å². The van der Waals surface area contributed by atoms with Crippen LogP contribution in [0, 0.1) is 22.7 Å². The predicted molar refractivity (Wildman–Crippen MR) is 263 cm³/mol. The summed E-state index contributed by atoms with van der Waals surface area (Å²) in [5.41, 5.74) is 13.1. The second-order valence-corrected chi connectivity index (χ2v) is 17.3. The normalized spacial score (nSPS) is 11.7. The van der Waals surface area contributed by atoms with Gasteiger partial charge in [0.25, 0.3) is 0 Å². The van der Waals surface area contributed by atoms with Crippen molar-refractivity contribution in [3.8, 4) is 12.1 Å². The number of anilines is 6. The van der Waals surface area contributed by atoms with Crippen LogP contribution in [0.25, 0.3) is 65.4 Å². The summed E-state index contributed by atoms with van der Waals surface area (Å²) in [5, 5.41) is 27.5. The van der Waals surface area contributed by atoms with Crippen molar-refractivity contribution in [2.24, 2.45) is 0 Å². The molecule has 0 aliphatic heterocycles. The van der Waals surface area contributed by atoms with Crippen molar-refractivity contribution in [2.45, 2.75) is 39.5 Å². The molecule has 64 heavy (non-hydrogen) atoms. The Kier molecular flexibility index (Phi) is 9.19. The lowest BCUT2D eigenvalue weighted by molar-refractivity contribution is 0.663. The number of nitrogens with zero attached hydrogens (tertiary/aromatic N) is 4. The summed E-state index contributed by atoms with van der Waals surface area (Å²) in [6, 6.07) is 63.3. The van der Waals surface area contributed by atoms with E-state index in [1.165, 1.54) is 11.1 Å². The molecule has 0 atom stereocenters. The molecule has 0 amide bonds. The van der Waals surface area contributed by atoms with Gasteiger partial charge in [-0.05, 0) is 178 Å². The van der Waals surface area contributed by atoms with Crippen molar-refractivity contribution in [3.05, 3.63) is 192 Å². The maximum absolute atomic E-state index is 9.52. The number of benzene rings is 9. The van der Waals surface area contributed by atoms with Gasteiger partial charge in [-0.25, -0.2) is 0 Å². The minimum atomic E-state index is 0.426. The Hall–Kier alpha value is -8.32. The van der Waals surface area contributed by atoms with Crippen molar-refractivity contribution in [1.29, 1.82) is 10.5 Å². The Morgan fingerprint density at radius 2 is 0.703 bits per heavy atom. The lowest BCUT2D eigenvalue weighted by atomic mass is 10.00. The second-order valence-electron chi connectivity index (χ2n) is 17.3. The molecule has 0 spiro atoms. The number of hydrogen-bond donors (Lipinski definition) is 0. The van der Waals surface area contributed by atoms with Crippen LogP contribution in [0.3, 0.4) is 0 Å². The Morgan fingerprint density at radius 3 is 1.05 bits per heavy atom. The highest BCUT2D eigenvalue weighted by Crippen LogP contribution is 2.45. The van der Waals surface area contributed by atoms with Crippen molar-refractivity contribution >= 4 is 99.5 Å². The fraction of sp³-hybridized carbons (Fsp3) is 0.103. The smallest absolute Gasteiger partial charge is 0.136 e. The van der Waals surface area contributed by atoms with Gasteiger partial charge in [0.1, 0.15) is 22.3 Å². The molecule has 6 nitrogen and oxygen atoms in total. The first-order valence-electron chi connectivity index (χ1n) is 21.7. The standard InChI is InChI=1S/C58H42N4O2/c1-35(2)39-9-19-47(20-10-39)61(45-15-5-37(33-59)6-16-45)49-23-13-41-29-51-55(31-43(41)27-49)63-53-25-26-54-58(57(51)53)52-30-42-14-24-50(28-44(42)32-56(52)64-54)62(46-17-7-38(34-60)8-18-46)48-21-11-40(12-22-48)36(3)4/h5-32,35-36H,1-4H3. The van der Waals surface area contributed by atoms with Crippen LogP contribution in [0.15, 0.2) is 179 Å². The highest BCUT2D eigenvalue weighted by Gasteiger charge is 2.20. The summed E-state index contributed by atoms with van der Waals surface area (Å²) >= 11 is 0. The molecular weight excluding hydrogens is 785 g/mol. The monoisotopic (exact) mass is 826 g/mol. The molecule has 11 aromatic rings. The van der Waals surface area contributed by atoms with Crippen molar-refractivity contribution < 1.29 is 8.83 Å². The van der Waals surface area contributed by atoms with Gasteiger partial charge in [-0.15, -0.1) is 0 Å². The van der Waals surface area contributed by atoms with Crippen LogP contribution in [0.5, 0.6) is 0 Å². The number of fused-ring (bicyclic) bond motifs is 9. The van der Waals surface area contributed by atoms with E-state index in [0.717, 1.165) is 99.5 Å². The average molecular weight is 827 g/mol. The van der Waals surface area contributed by atoms with E-state index >= 15 is 0 Å². The molecule has 11 rings (SSSR count). The number of rotatable bonds is 8. The molecule has 0 bridgehead atoms. The van der Waals surface area contributed by atoms with E-state index in [-0.39, 0.29) is 0 Å². The first kappa shape index (κ1) is 38.6. The van der Waals surface area contributed by atoms with Crippen LogP contribution in [0.4, 0.5) is 34.1 Å². The zero-order chi connectivity index (χ0) is 43.6. The molecule has 0 fully saturated rings. The Morgan fingerprint density at radius 1 is 0.359 bits per heavy atom. The van der Waals surface area contributed by atoms with Crippen molar-refractivity contribution in [1.82, 2.24) is 0 Å². The molecular formula is C58H42N4O2. The molecule has 6 heteroatoms. The quantitative estimate of drug-likeness (QED) is 0.152. The van der Waals surface area contributed by atoms with Crippen molar-refractivity contribution in [3.63, 3.8) is 0 Å². The SMILES string of the molecule is CC(C)c1ccc(N(c2ccc(C#N)cc2)c2ccc3cc4c(cc3c2)oc2ccc3oc5cc6cc(N(c7ccc(C#N)cc7)c7ccc(C(C)C)cc7)ccc6cc5c3c24)cc1. The summed E-state index contributed by atoms with van der Waals surface area (Å²) in [7, 11) is 0. The third-order valence-electron chi connectivity index (χ3n) is 12.6. The molecule has 2 heterocycles. The van der Waals surface area contributed by atoms with E-state index in [0.29, 0.717) is 23.0 Å². The summed E-state index contributed by atoms with van der Waals surface area (Å²) in [6.45, 7) is 8.82. The average Bonchev–Trinajstić information content (AvgIpc) is 3.87. The van der Waals surface area contributed by atoms with Crippen LogP contribution in [0.2, 0.25) is 0 Å². The molecule has 0 aliphatic carbocycles. The van der Waals surface area contributed by atoms with Gasteiger partial charge in [0, 0.05) is 55.7 Å². The van der Waals surface area contributed by atoms with Crippen LogP contribution in [0.1, 0.15) is 61.8 Å². The molecule has 9 aromatic carbocycles. The Labute approximate surface area is 371 Å². The highest BCUT2D eigenvalue weighted by atomic mass is 16.3. The second kappa shape index (κ2) is 15.2. The van der Waals surface area contributed by atoms with Crippen LogP contribution < -0.4 is 9.80 Å². The van der Waals surface area contributed by atoms with Gasteiger partial charge in [-0.2, -0.15) is 10.5 Å². The predicted octanol–water partition coefficient (Wildman–Crippen LogP) is 16.7. The zero-order valence-electron chi connectivity index (χ0n) is 35.9. The van der Waals surface area contributed by atoms with Crippen LogP contribution in [-0.4, -0.2) is 0 Å². The lowest BCUT2D eigenvalue weighted by Gasteiger charge is -2.26. The van der Waals surface area contributed by atoms with Gasteiger partial charge < -0.3 is 18.6 Å². The van der Waals surface area contributed by atoms with Crippen molar-refractivity contribution in [2.75, 3.05) is 9.80 Å². The largest absolute Gasteiger partial charge is 0.456 e. The summed E-state index contributed by atoms with van der Waals surface area (Å²) < 4.78 is 13.3. The topological polar surface area (TPSA) is 80.3 Å². The molecule has 2 aromatic heterocycles. The molecule has 306 valence electrons. The molecule has 0 aliphatic rings. The lowest BCUT2D eigenvalue weighted by Crippen LogP contribution is -2.10. The first-order valence-corrected chi connectivity index (χ1v) is 21.7. The zero-order valence-corrected chi connectivity index (χ0v) is 35.9. The molecule has 0 saturated heterocycles. The maximum atomic E-state index is 9.52. The number of hydrogen-bond acceptors (Lipinski definition) is 6. The minimum Gasteiger partial charge on any atom is -0.456 e. The first-order chi connectivity index (χ1) is 31.2. The third-order valence-corrected chi connectivity index (χ3v) is 12.6. The molecule has 0 saturated carbocycles.